The lowest BCUT2D eigenvalue weighted by Gasteiger charge is -2.22. The van der Waals surface area contributed by atoms with Crippen molar-refractivity contribution in [1.29, 1.82) is 0 Å². The summed E-state index contributed by atoms with van der Waals surface area (Å²) < 4.78 is 5.75. The van der Waals surface area contributed by atoms with E-state index >= 15 is 0 Å². The van der Waals surface area contributed by atoms with Crippen LogP contribution in [0.3, 0.4) is 0 Å². The van der Waals surface area contributed by atoms with Gasteiger partial charge in [-0.05, 0) is 18.6 Å². The molecule has 0 spiro atoms. The zero-order valence-corrected chi connectivity index (χ0v) is 15.0. The molecule has 1 fully saturated rings. The molecule has 2 rings (SSSR count). The number of anilines is 1. The minimum atomic E-state index is -0.462. The van der Waals surface area contributed by atoms with Crippen LogP contribution in [0.5, 0.6) is 5.75 Å². The monoisotopic (exact) mass is 347 g/mol. The van der Waals surface area contributed by atoms with Crippen molar-refractivity contribution in [3.63, 3.8) is 0 Å². The average molecular weight is 347 g/mol. The first-order valence-corrected chi connectivity index (χ1v) is 9.23. The van der Waals surface area contributed by atoms with Gasteiger partial charge in [-0.1, -0.05) is 38.7 Å². The van der Waals surface area contributed by atoms with Gasteiger partial charge < -0.3 is 20.7 Å². The number of unbranched alkanes of at least 4 members (excludes halogenated alkanes) is 4. The molecule has 0 saturated carbocycles. The minimum Gasteiger partial charge on any atom is -0.494 e. The van der Waals surface area contributed by atoms with Crippen molar-refractivity contribution >= 4 is 17.5 Å². The van der Waals surface area contributed by atoms with Gasteiger partial charge in [0.1, 0.15) is 5.75 Å². The first-order valence-electron chi connectivity index (χ1n) is 9.23. The van der Waals surface area contributed by atoms with Crippen molar-refractivity contribution in [2.45, 2.75) is 51.5 Å². The van der Waals surface area contributed by atoms with Gasteiger partial charge in [-0.2, -0.15) is 0 Å². The summed E-state index contributed by atoms with van der Waals surface area (Å²) in [7, 11) is 0. The summed E-state index contributed by atoms with van der Waals surface area (Å²) in [6.07, 6.45) is 6.10. The number of carbonyl (C=O) groups excluding carboxylic acids is 2. The molecule has 2 amide bonds. The van der Waals surface area contributed by atoms with Crippen LogP contribution < -0.4 is 20.7 Å². The molecule has 0 bridgehead atoms. The van der Waals surface area contributed by atoms with E-state index in [9.17, 15) is 9.59 Å². The zero-order chi connectivity index (χ0) is 17.9. The molecule has 1 heterocycles. The normalized spacial score (nSPS) is 17.0. The van der Waals surface area contributed by atoms with Crippen LogP contribution in [0.4, 0.5) is 5.69 Å². The molecule has 1 aliphatic heterocycles. The Morgan fingerprint density at radius 1 is 1.24 bits per heavy atom. The van der Waals surface area contributed by atoms with E-state index in [4.69, 9.17) is 4.74 Å². The molecule has 25 heavy (non-hydrogen) atoms. The van der Waals surface area contributed by atoms with Gasteiger partial charge >= 0.3 is 0 Å². The first-order chi connectivity index (χ1) is 12.2. The number of piperazine rings is 1. The SMILES string of the molecule is CCCCCCCOc1cccc(NC(=O)CC2NCCNC2=O)c1. The van der Waals surface area contributed by atoms with E-state index < -0.39 is 6.04 Å². The van der Waals surface area contributed by atoms with Gasteiger partial charge in [0.2, 0.25) is 11.8 Å². The van der Waals surface area contributed by atoms with E-state index in [0.29, 0.717) is 25.4 Å². The number of hydrogen-bond acceptors (Lipinski definition) is 4. The maximum atomic E-state index is 12.1. The molecule has 1 aromatic carbocycles. The largest absolute Gasteiger partial charge is 0.494 e. The highest BCUT2D eigenvalue weighted by molar-refractivity contribution is 5.95. The van der Waals surface area contributed by atoms with E-state index in [0.717, 1.165) is 12.2 Å². The van der Waals surface area contributed by atoms with Crippen molar-refractivity contribution in [2.75, 3.05) is 25.0 Å². The molecule has 1 saturated heterocycles. The van der Waals surface area contributed by atoms with Gasteiger partial charge in [0, 0.05) is 24.8 Å². The molecule has 3 N–H and O–H groups in total. The second-order valence-electron chi connectivity index (χ2n) is 6.34. The van der Waals surface area contributed by atoms with Crippen LogP contribution in [0.25, 0.3) is 0 Å². The number of nitrogens with one attached hydrogen (secondary N) is 3. The Morgan fingerprint density at radius 3 is 2.88 bits per heavy atom. The molecule has 138 valence electrons. The third-order valence-electron chi connectivity index (χ3n) is 4.16. The molecular formula is C19H29N3O3. The van der Waals surface area contributed by atoms with Crippen molar-refractivity contribution in [1.82, 2.24) is 10.6 Å². The number of carbonyl (C=O) groups is 2. The number of rotatable bonds is 10. The highest BCUT2D eigenvalue weighted by Gasteiger charge is 2.23. The fraction of sp³-hybridized carbons (Fsp3) is 0.579. The first kappa shape index (κ1) is 19.2. The van der Waals surface area contributed by atoms with E-state index in [1.54, 1.807) is 0 Å². The Balaban J connectivity index is 1.74. The van der Waals surface area contributed by atoms with Crippen LogP contribution in [-0.2, 0) is 9.59 Å². The summed E-state index contributed by atoms with van der Waals surface area (Å²) in [5.74, 6) is 0.439. The molecule has 0 aliphatic carbocycles. The Hall–Kier alpha value is -2.08. The van der Waals surface area contributed by atoms with Gasteiger partial charge in [-0.15, -0.1) is 0 Å². The molecular weight excluding hydrogens is 318 g/mol. The third-order valence-corrected chi connectivity index (χ3v) is 4.16. The smallest absolute Gasteiger partial charge is 0.237 e. The van der Waals surface area contributed by atoms with Gasteiger partial charge in [0.25, 0.3) is 0 Å². The highest BCUT2D eigenvalue weighted by atomic mass is 16.5. The van der Waals surface area contributed by atoms with Gasteiger partial charge in [-0.3, -0.25) is 9.59 Å². The lowest BCUT2D eigenvalue weighted by atomic mass is 10.1. The van der Waals surface area contributed by atoms with Gasteiger partial charge in [0.05, 0.1) is 19.1 Å². The van der Waals surface area contributed by atoms with Crippen LogP contribution in [-0.4, -0.2) is 37.6 Å². The van der Waals surface area contributed by atoms with E-state index in [1.807, 2.05) is 24.3 Å². The maximum absolute atomic E-state index is 12.1. The molecule has 0 radical (unpaired) electrons. The van der Waals surface area contributed by atoms with Crippen molar-refractivity contribution in [3.8, 4) is 5.75 Å². The summed E-state index contributed by atoms with van der Waals surface area (Å²) in [6, 6.07) is 6.92. The predicted octanol–water partition coefficient (Wildman–Crippen LogP) is 2.45. The molecule has 6 nitrogen and oxygen atoms in total. The number of amides is 2. The van der Waals surface area contributed by atoms with Crippen LogP contribution in [0.1, 0.15) is 45.4 Å². The molecule has 1 atom stereocenters. The summed E-state index contributed by atoms with van der Waals surface area (Å²) in [6.45, 7) is 4.18. The average Bonchev–Trinajstić information content (AvgIpc) is 2.60. The third kappa shape index (κ3) is 7.13. The lowest BCUT2D eigenvalue weighted by Crippen LogP contribution is -2.53. The second-order valence-corrected chi connectivity index (χ2v) is 6.34. The van der Waals surface area contributed by atoms with Crippen LogP contribution in [0.2, 0.25) is 0 Å². The van der Waals surface area contributed by atoms with Gasteiger partial charge in [0.15, 0.2) is 0 Å². The summed E-state index contributed by atoms with van der Waals surface area (Å²) >= 11 is 0. The topological polar surface area (TPSA) is 79.5 Å². The number of hydrogen-bond donors (Lipinski definition) is 3. The molecule has 1 unspecified atom stereocenters. The second kappa shape index (κ2) is 10.7. The highest BCUT2D eigenvalue weighted by Crippen LogP contribution is 2.18. The Kier molecular flexibility index (Phi) is 8.25. The molecule has 1 aliphatic rings. The Bertz CT molecular complexity index is 563. The number of ether oxygens (including phenoxy) is 1. The Labute approximate surface area is 149 Å². The minimum absolute atomic E-state index is 0.119. The van der Waals surface area contributed by atoms with Crippen molar-refractivity contribution < 1.29 is 14.3 Å². The fourth-order valence-electron chi connectivity index (χ4n) is 2.77. The Morgan fingerprint density at radius 2 is 2.08 bits per heavy atom. The summed E-state index contributed by atoms with van der Waals surface area (Å²) in [5, 5.41) is 8.63. The van der Waals surface area contributed by atoms with Crippen LogP contribution in [0.15, 0.2) is 24.3 Å². The summed E-state index contributed by atoms with van der Waals surface area (Å²) in [4.78, 5) is 23.8. The van der Waals surface area contributed by atoms with E-state index in [1.165, 1.54) is 25.7 Å². The fourth-order valence-corrected chi connectivity index (χ4v) is 2.77. The molecule has 0 aromatic heterocycles. The zero-order valence-electron chi connectivity index (χ0n) is 15.0. The lowest BCUT2D eigenvalue weighted by molar-refractivity contribution is -0.127. The van der Waals surface area contributed by atoms with Gasteiger partial charge in [-0.25, -0.2) is 0 Å². The van der Waals surface area contributed by atoms with E-state index in [-0.39, 0.29) is 18.2 Å². The van der Waals surface area contributed by atoms with E-state index in [2.05, 4.69) is 22.9 Å². The van der Waals surface area contributed by atoms with Crippen molar-refractivity contribution in [2.24, 2.45) is 0 Å². The molecule has 1 aromatic rings. The standard InChI is InChI=1S/C19H29N3O3/c1-2-3-4-5-6-12-25-16-9-7-8-15(13-16)22-18(23)14-17-19(24)21-11-10-20-17/h7-9,13,17,20H,2-6,10-12,14H2,1H3,(H,21,24)(H,22,23). The quantitative estimate of drug-likeness (QED) is 0.568. The maximum Gasteiger partial charge on any atom is 0.237 e. The summed E-state index contributed by atoms with van der Waals surface area (Å²) in [5.41, 5.74) is 0.685. The van der Waals surface area contributed by atoms with Crippen molar-refractivity contribution in [3.05, 3.63) is 24.3 Å². The number of benzene rings is 1. The van der Waals surface area contributed by atoms with Crippen LogP contribution >= 0.6 is 0 Å². The predicted molar refractivity (Wildman–Crippen MR) is 98.7 cm³/mol. The molecule has 6 heteroatoms. The van der Waals surface area contributed by atoms with Crippen LogP contribution in [0, 0.1) is 0 Å².